The normalized spacial score (nSPS) is 20.3. The standard InChI is InChI=1S/C18H17BrClNO4S/c19-13-4-6-18(14(20)11-13)26(22,23)21-7-1-2-15(21)12-3-5-16-17(10-12)25-9-8-24-16/h3-6,10-11,15H,1-2,7-9H2. The van der Waals surface area contributed by atoms with Crippen LogP contribution in [0.25, 0.3) is 0 Å². The lowest BCUT2D eigenvalue weighted by atomic mass is 10.0. The van der Waals surface area contributed by atoms with Gasteiger partial charge in [-0.05, 0) is 48.7 Å². The molecule has 2 heterocycles. The Kier molecular flexibility index (Phi) is 4.90. The van der Waals surface area contributed by atoms with E-state index in [0.29, 0.717) is 31.3 Å². The Bertz CT molecular complexity index is 950. The number of hydrogen-bond acceptors (Lipinski definition) is 4. The Balaban J connectivity index is 1.70. The van der Waals surface area contributed by atoms with Crippen molar-refractivity contribution >= 4 is 37.6 Å². The van der Waals surface area contributed by atoms with Crippen LogP contribution in [0.2, 0.25) is 5.02 Å². The molecule has 5 nitrogen and oxygen atoms in total. The van der Waals surface area contributed by atoms with E-state index < -0.39 is 10.0 Å². The summed E-state index contributed by atoms with van der Waals surface area (Å²) in [5.41, 5.74) is 0.906. The first kappa shape index (κ1) is 18.1. The summed E-state index contributed by atoms with van der Waals surface area (Å²) in [6, 6.07) is 10.2. The summed E-state index contributed by atoms with van der Waals surface area (Å²) in [6.07, 6.45) is 1.56. The molecule has 0 aliphatic carbocycles. The van der Waals surface area contributed by atoms with Crippen molar-refractivity contribution in [2.45, 2.75) is 23.8 Å². The number of benzene rings is 2. The maximum Gasteiger partial charge on any atom is 0.245 e. The van der Waals surface area contributed by atoms with Crippen LogP contribution in [-0.4, -0.2) is 32.5 Å². The third-order valence-corrected chi connectivity index (χ3v) is 7.52. The van der Waals surface area contributed by atoms with Crippen molar-refractivity contribution in [3.8, 4) is 11.5 Å². The van der Waals surface area contributed by atoms with Gasteiger partial charge in [0.15, 0.2) is 11.5 Å². The van der Waals surface area contributed by atoms with Gasteiger partial charge in [0.05, 0.1) is 11.1 Å². The van der Waals surface area contributed by atoms with E-state index in [2.05, 4.69) is 15.9 Å². The Labute approximate surface area is 166 Å². The molecular formula is C18H17BrClNO4S. The molecule has 2 aromatic rings. The molecule has 0 radical (unpaired) electrons. The zero-order valence-corrected chi connectivity index (χ0v) is 17.0. The average Bonchev–Trinajstić information content (AvgIpc) is 3.11. The molecule has 2 aliphatic rings. The number of sulfonamides is 1. The van der Waals surface area contributed by atoms with E-state index in [1.807, 2.05) is 18.2 Å². The molecule has 1 saturated heterocycles. The quantitative estimate of drug-likeness (QED) is 0.684. The molecule has 8 heteroatoms. The maximum atomic E-state index is 13.2. The smallest absolute Gasteiger partial charge is 0.245 e. The lowest BCUT2D eigenvalue weighted by Crippen LogP contribution is -2.31. The Morgan fingerprint density at radius 2 is 1.85 bits per heavy atom. The fourth-order valence-corrected chi connectivity index (χ4v) is 6.13. The van der Waals surface area contributed by atoms with Gasteiger partial charge in [0.2, 0.25) is 10.0 Å². The number of ether oxygens (including phenoxy) is 2. The highest BCUT2D eigenvalue weighted by molar-refractivity contribution is 9.10. The average molecular weight is 459 g/mol. The van der Waals surface area contributed by atoms with E-state index >= 15 is 0 Å². The van der Waals surface area contributed by atoms with Gasteiger partial charge in [-0.2, -0.15) is 4.31 Å². The summed E-state index contributed by atoms with van der Waals surface area (Å²) >= 11 is 9.52. The molecule has 0 bridgehead atoms. The van der Waals surface area contributed by atoms with Crippen LogP contribution in [0.3, 0.4) is 0 Å². The van der Waals surface area contributed by atoms with E-state index in [1.165, 1.54) is 4.31 Å². The van der Waals surface area contributed by atoms with Crippen LogP contribution in [0.1, 0.15) is 24.4 Å². The van der Waals surface area contributed by atoms with Gasteiger partial charge in [-0.25, -0.2) is 8.42 Å². The summed E-state index contributed by atoms with van der Waals surface area (Å²) in [7, 11) is -3.70. The molecule has 26 heavy (non-hydrogen) atoms. The van der Waals surface area contributed by atoms with Crippen molar-refractivity contribution in [1.29, 1.82) is 0 Å². The molecule has 0 aromatic heterocycles. The maximum absolute atomic E-state index is 13.2. The molecule has 138 valence electrons. The number of hydrogen-bond donors (Lipinski definition) is 0. The largest absolute Gasteiger partial charge is 0.486 e. The van der Waals surface area contributed by atoms with Crippen LogP contribution >= 0.6 is 27.5 Å². The molecule has 4 rings (SSSR count). The summed E-state index contributed by atoms with van der Waals surface area (Å²) in [6.45, 7) is 1.49. The van der Waals surface area contributed by atoms with Gasteiger partial charge in [-0.3, -0.25) is 0 Å². The van der Waals surface area contributed by atoms with E-state index in [1.54, 1.807) is 18.2 Å². The fourth-order valence-electron chi connectivity index (χ4n) is 3.44. The molecule has 1 atom stereocenters. The molecular weight excluding hydrogens is 442 g/mol. The number of rotatable bonds is 3. The number of fused-ring (bicyclic) bond motifs is 1. The molecule has 0 amide bonds. The first-order chi connectivity index (χ1) is 12.5. The Morgan fingerprint density at radius 3 is 2.62 bits per heavy atom. The summed E-state index contributed by atoms with van der Waals surface area (Å²) < 4.78 is 39.9. The molecule has 1 fully saturated rings. The van der Waals surface area contributed by atoms with Gasteiger partial charge in [-0.1, -0.05) is 33.6 Å². The van der Waals surface area contributed by atoms with Crippen LogP contribution in [0.15, 0.2) is 45.8 Å². The SMILES string of the molecule is O=S(=O)(c1ccc(Br)cc1Cl)N1CCCC1c1ccc2c(c1)OCCO2. The van der Waals surface area contributed by atoms with Gasteiger partial charge in [0.25, 0.3) is 0 Å². The summed E-state index contributed by atoms with van der Waals surface area (Å²) in [5.74, 6) is 1.36. The third kappa shape index (κ3) is 3.22. The molecule has 0 spiro atoms. The first-order valence-electron chi connectivity index (χ1n) is 8.33. The zero-order chi connectivity index (χ0) is 18.3. The van der Waals surface area contributed by atoms with E-state index in [4.69, 9.17) is 21.1 Å². The highest BCUT2D eigenvalue weighted by atomic mass is 79.9. The fraction of sp³-hybridized carbons (Fsp3) is 0.333. The number of nitrogens with zero attached hydrogens (tertiary/aromatic N) is 1. The third-order valence-electron chi connectivity index (χ3n) is 4.64. The minimum Gasteiger partial charge on any atom is -0.486 e. The molecule has 0 N–H and O–H groups in total. The molecule has 2 aromatic carbocycles. The van der Waals surface area contributed by atoms with Gasteiger partial charge >= 0.3 is 0 Å². The predicted octanol–water partition coefficient (Wildman–Crippen LogP) is 4.40. The van der Waals surface area contributed by atoms with Crippen molar-refractivity contribution in [3.05, 3.63) is 51.5 Å². The van der Waals surface area contributed by atoms with Gasteiger partial charge in [0, 0.05) is 11.0 Å². The van der Waals surface area contributed by atoms with Crippen molar-refractivity contribution < 1.29 is 17.9 Å². The Morgan fingerprint density at radius 1 is 1.08 bits per heavy atom. The summed E-state index contributed by atoms with van der Waals surface area (Å²) in [5, 5.41) is 0.215. The zero-order valence-electron chi connectivity index (χ0n) is 13.8. The molecule has 2 aliphatic heterocycles. The molecule has 0 saturated carbocycles. The van der Waals surface area contributed by atoms with E-state index in [9.17, 15) is 8.42 Å². The predicted molar refractivity (Wildman–Crippen MR) is 102 cm³/mol. The second-order valence-corrected chi connectivity index (χ2v) is 9.43. The second-order valence-electron chi connectivity index (χ2n) is 6.25. The van der Waals surface area contributed by atoms with Crippen molar-refractivity contribution in [2.24, 2.45) is 0 Å². The lowest BCUT2D eigenvalue weighted by molar-refractivity contribution is 0.171. The minimum atomic E-state index is -3.70. The van der Waals surface area contributed by atoms with Crippen LogP contribution in [0.5, 0.6) is 11.5 Å². The Hall–Kier alpha value is -1.28. The van der Waals surface area contributed by atoms with E-state index in [-0.39, 0.29) is 16.0 Å². The van der Waals surface area contributed by atoms with Crippen LogP contribution in [0, 0.1) is 0 Å². The van der Waals surface area contributed by atoms with Gasteiger partial charge < -0.3 is 9.47 Å². The van der Waals surface area contributed by atoms with Gasteiger partial charge in [-0.15, -0.1) is 0 Å². The van der Waals surface area contributed by atoms with Crippen LogP contribution < -0.4 is 9.47 Å². The second kappa shape index (κ2) is 7.03. The highest BCUT2D eigenvalue weighted by Gasteiger charge is 2.37. The van der Waals surface area contributed by atoms with Crippen LogP contribution in [-0.2, 0) is 10.0 Å². The minimum absolute atomic E-state index is 0.131. The highest BCUT2D eigenvalue weighted by Crippen LogP contribution is 2.41. The lowest BCUT2D eigenvalue weighted by Gasteiger charge is -2.26. The van der Waals surface area contributed by atoms with Crippen molar-refractivity contribution in [3.63, 3.8) is 0 Å². The van der Waals surface area contributed by atoms with Crippen LogP contribution in [0.4, 0.5) is 0 Å². The topological polar surface area (TPSA) is 55.8 Å². The monoisotopic (exact) mass is 457 g/mol. The van der Waals surface area contributed by atoms with Crippen molar-refractivity contribution in [1.82, 2.24) is 4.31 Å². The summed E-state index contributed by atoms with van der Waals surface area (Å²) in [4.78, 5) is 0.131. The van der Waals surface area contributed by atoms with E-state index in [0.717, 1.165) is 22.9 Å². The molecule has 1 unspecified atom stereocenters. The van der Waals surface area contributed by atoms with Crippen molar-refractivity contribution in [2.75, 3.05) is 19.8 Å². The first-order valence-corrected chi connectivity index (χ1v) is 10.9. The number of halogens is 2. The van der Waals surface area contributed by atoms with Gasteiger partial charge in [0.1, 0.15) is 18.1 Å².